The lowest BCUT2D eigenvalue weighted by atomic mass is 10.0. The number of carbonyl (C=O) groups is 2. The van der Waals surface area contributed by atoms with Crippen molar-refractivity contribution in [2.45, 2.75) is 19.8 Å². The molecule has 3 heterocycles. The van der Waals surface area contributed by atoms with Gasteiger partial charge in [-0.2, -0.15) is 10.2 Å². The zero-order valence-electron chi connectivity index (χ0n) is 15.1. The van der Waals surface area contributed by atoms with Crippen molar-refractivity contribution < 1.29 is 18.4 Å². The summed E-state index contributed by atoms with van der Waals surface area (Å²) in [6.07, 6.45) is 0.162. The van der Waals surface area contributed by atoms with Crippen LogP contribution in [0.3, 0.4) is 0 Å². The number of nitrogens with zero attached hydrogens (tertiary/aromatic N) is 5. The van der Waals surface area contributed by atoms with E-state index < -0.39 is 17.5 Å². The highest BCUT2D eigenvalue weighted by molar-refractivity contribution is 6.08. The van der Waals surface area contributed by atoms with Crippen LogP contribution < -0.4 is 4.90 Å². The average Bonchev–Trinajstić information content (AvgIpc) is 3.26. The fourth-order valence-electron chi connectivity index (χ4n) is 3.37. The number of H-pyrrole nitrogens is 1. The molecule has 0 unspecified atom stereocenters. The van der Waals surface area contributed by atoms with E-state index >= 15 is 0 Å². The Balaban J connectivity index is 1.67. The molecule has 1 N–H and O–H groups in total. The van der Waals surface area contributed by atoms with Gasteiger partial charge in [0.05, 0.1) is 29.1 Å². The van der Waals surface area contributed by atoms with Gasteiger partial charge in [0.1, 0.15) is 11.6 Å². The molecule has 0 saturated heterocycles. The minimum Gasteiger partial charge on any atom is -0.291 e. The van der Waals surface area contributed by atoms with Gasteiger partial charge in [-0.3, -0.25) is 19.6 Å². The maximum absolute atomic E-state index is 13.6. The van der Waals surface area contributed by atoms with Crippen LogP contribution in [-0.4, -0.2) is 38.3 Å². The third-order valence-electron chi connectivity index (χ3n) is 4.65. The summed E-state index contributed by atoms with van der Waals surface area (Å²) < 4.78 is 28.5. The van der Waals surface area contributed by atoms with Gasteiger partial charge in [0.15, 0.2) is 5.82 Å². The Kier molecular flexibility index (Phi) is 4.49. The second-order valence-electron chi connectivity index (χ2n) is 6.57. The number of hydrogen-bond donors (Lipinski definition) is 1. The van der Waals surface area contributed by atoms with Crippen molar-refractivity contribution >= 4 is 17.6 Å². The normalized spacial score (nSPS) is 13.5. The van der Waals surface area contributed by atoms with Gasteiger partial charge in [-0.1, -0.05) is 0 Å². The second-order valence-corrected chi connectivity index (χ2v) is 6.57. The minimum absolute atomic E-state index is 0.177. The molecule has 2 amide bonds. The van der Waals surface area contributed by atoms with Gasteiger partial charge in [0, 0.05) is 36.0 Å². The number of amides is 2. The van der Waals surface area contributed by atoms with E-state index in [0.29, 0.717) is 34.9 Å². The first-order valence-electron chi connectivity index (χ1n) is 8.64. The van der Waals surface area contributed by atoms with Crippen molar-refractivity contribution in [2.75, 3.05) is 11.4 Å². The Hall–Kier alpha value is -3.76. The topological polar surface area (TPSA) is 113 Å². The maximum atomic E-state index is 13.6. The Bertz CT molecular complexity index is 1130. The number of nitroso groups, excluding NO2 is 1. The molecule has 148 valence electrons. The molecule has 0 bridgehead atoms. The van der Waals surface area contributed by atoms with E-state index in [0.717, 1.165) is 18.2 Å². The monoisotopic (exact) mass is 400 g/mol. The molecule has 4 rings (SSSR count). The molecule has 0 atom stereocenters. The molecule has 0 spiro atoms. The van der Waals surface area contributed by atoms with Crippen molar-refractivity contribution in [3.05, 3.63) is 63.5 Å². The number of benzene rings is 1. The van der Waals surface area contributed by atoms with E-state index in [4.69, 9.17) is 0 Å². The molecule has 1 aromatic carbocycles. The lowest BCUT2D eigenvalue weighted by Crippen LogP contribution is -2.38. The number of rotatable bonds is 4. The first-order chi connectivity index (χ1) is 13.9. The summed E-state index contributed by atoms with van der Waals surface area (Å²) in [5.74, 6) is -2.43. The molecule has 3 aromatic rings. The average molecular weight is 400 g/mol. The first-order valence-corrected chi connectivity index (χ1v) is 8.64. The summed E-state index contributed by atoms with van der Waals surface area (Å²) in [5, 5.41) is 13.3. The summed E-state index contributed by atoms with van der Waals surface area (Å²) in [6.45, 7) is 1.92. The van der Waals surface area contributed by atoms with Crippen LogP contribution >= 0.6 is 0 Å². The van der Waals surface area contributed by atoms with Crippen LogP contribution in [-0.2, 0) is 17.6 Å². The van der Waals surface area contributed by atoms with Gasteiger partial charge < -0.3 is 0 Å². The summed E-state index contributed by atoms with van der Waals surface area (Å²) in [5.41, 5.74) is 1.82. The van der Waals surface area contributed by atoms with Crippen LogP contribution in [0.5, 0.6) is 0 Å². The third kappa shape index (κ3) is 3.30. The zero-order valence-corrected chi connectivity index (χ0v) is 15.1. The number of fused-ring (bicyclic) bond motifs is 1. The predicted molar refractivity (Wildman–Crippen MR) is 96.7 cm³/mol. The fourth-order valence-corrected chi connectivity index (χ4v) is 3.37. The highest BCUT2D eigenvalue weighted by Gasteiger charge is 2.32. The van der Waals surface area contributed by atoms with E-state index in [1.54, 1.807) is 6.92 Å². The number of aromatic nitrogens is 4. The van der Waals surface area contributed by atoms with Gasteiger partial charge in [0.2, 0.25) is 0 Å². The van der Waals surface area contributed by atoms with Crippen molar-refractivity contribution in [2.24, 2.45) is 5.18 Å². The van der Waals surface area contributed by atoms with E-state index in [2.05, 4.69) is 20.5 Å². The maximum Gasteiger partial charge on any atom is 0.292 e. The zero-order chi connectivity index (χ0) is 20.7. The quantitative estimate of drug-likeness (QED) is 0.675. The lowest BCUT2D eigenvalue weighted by Gasteiger charge is -2.24. The summed E-state index contributed by atoms with van der Waals surface area (Å²) in [6, 6.07) is 4.52. The van der Waals surface area contributed by atoms with Crippen molar-refractivity contribution in [3.8, 4) is 5.69 Å². The van der Waals surface area contributed by atoms with Gasteiger partial charge in [0.25, 0.3) is 11.8 Å². The summed E-state index contributed by atoms with van der Waals surface area (Å²) in [7, 11) is 0. The number of aromatic amines is 1. The predicted octanol–water partition coefficient (Wildman–Crippen LogP) is 2.22. The summed E-state index contributed by atoms with van der Waals surface area (Å²) >= 11 is 0. The number of carbonyl (C=O) groups excluding carboxylic acids is 2. The van der Waals surface area contributed by atoms with Gasteiger partial charge in [-0.05, 0) is 19.1 Å². The molecule has 0 aliphatic carbocycles. The van der Waals surface area contributed by atoms with E-state index in [1.807, 2.05) is 0 Å². The second kappa shape index (κ2) is 7.00. The Morgan fingerprint density at radius 2 is 1.97 bits per heavy atom. The van der Waals surface area contributed by atoms with Crippen LogP contribution in [0.15, 0.2) is 29.4 Å². The highest BCUT2D eigenvalue weighted by Crippen LogP contribution is 2.27. The number of anilines is 1. The Morgan fingerprint density at radius 3 is 2.66 bits per heavy atom. The lowest BCUT2D eigenvalue weighted by molar-refractivity contribution is -0.117. The SMILES string of the molecule is Cc1c2c(nn1-c1cc(F)cc(F)c1)CCN(c1cc(CC(=O)N=O)[nH]n1)C2=O. The van der Waals surface area contributed by atoms with Crippen molar-refractivity contribution in [3.63, 3.8) is 0 Å². The number of halogens is 2. The molecule has 9 nitrogen and oxygen atoms in total. The number of nitrogens with one attached hydrogen (secondary N) is 1. The largest absolute Gasteiger partial charge is 0.292 e. The smallest absolute Gasteiger partial charge is 0.291 e. The van der Waals surface area contributed by atoms with E-state index in [-0.39, 0.29) is 24.6 Å². The van der Waals surface area contributed by atoms with Crippen molar-refractivity contribution in [1.82, 2.24) is 20.0 Å². The molecule has 1 aliphatic heterocycles. The Morgan fingerprint density at radius 1 is 1.24 bits per heavy atom. The molecule has 0 saturated carbocycles. The minimum atomic E-state index is -0.855. The third-order valence-corrected chi connectivity index (χ3v) is 4.65. The van der Waals surface area contributed by atoms with E-state index in [9.17, 15) is 23.3 Å². The highest BCUT2D eigenvalue weighted by atomic mass is 19.1. The molecule has 2 aromatic heterocycles. The molecular formula is C18H14F2N6O3. The van der Waals surface area contributed by atoms with Crippen LogP contribution in [0.25, 0.3) is 5.69 Å². The molecule has 29 heavy (non-hydrogen) atoms. The van der Waals surface area contributed by atoms with E-state index in [1.165, 1.54) is 15.6 Å². The molecule has 0 radical (unpaired) electrons. The first kappa shape index (κ1) is 18.6. The van der Waals surface area contributed by atoms with Crippen LogP contribution in [0.2, 0.25) is 0 Å². The Labute approximate surface area is 162 Å². The van der Waals surface area contributed by atoms with Crippen LogP contribution in [0.1, 0.15) is 27.4 Å². The fraction of sp³-hybridized carbons (Fsp3) is 0.222. The molecule has 11 heteroatoms. The number of hydrogen-bond acceptors (Lipinski definition) is 5. The summed E-state index contributed by atoms with van der Waals surface area (Å²) in [4.78, 5) is 35.9. The molecule has 1 aliphatic rings. The van der Waals surface area contributed by atoms with Crippen molar-refractivity contribution in [1.29, 1.82) is 0 Å². The van der Waals surface area contributed by atoms with Crippen LogP contribution in [0.4, 0.5) is 14.6 Å². The molecule has 0 fully saturated rings. The van der Waals surface area contributed by atoms with Gasteiger partial charge >= 0.3 is 0 Å². The standard InChI is InChI=1S/C18H14F2N6O3/c1-9-17-14(23-26(9)13-5-10(19)4-11(20)6-13)2-3-25(18(17)28)15-7-12(21-22-15)8-16(27)24-29/h4-7H,2-3,8H2,1H3,(H,21,22). The van der Waals surface area contributed by atoms with Gasteiger partial charge in [-0.15, -0.1) is 4.91 Å². The van der Waals surface area contributed by atoms with Gasteiger partial charge in [-0.25, -0.2) is 13.5 Å². The molecular weight excluding hydrogens is 386 g/mol. The van der Waals surface area contributed by atoms with Crippen LogP contribution in [0, 0.1) is 23.5 Å².